The summed E-state index contributed by atoms with van der Waals surface area (Å²) in [5.41, 5.74) is 0.466. The van der Waals surface area contributed by atoms with E-state index in [1.165, 1.54) is 12.8 Å². The summed E-state index contributed by atoms with van der Waals surface area (Å²) in [6.45, 7) is 6.81. The lowest BCUT2D eigenvalue weighted by atomic mass is 10.1. The van der Waals surface area contributed by atoms with Crippen LogP contribution in [0.4, 0.5) is 0 Å². The van der Waals surface area contributed by atoms with Crippen LogP contribution in [0.3, 0.4) is 0 Å². The molecule has 0 unspecified atom stereocenters. The molecule has 0 saturated heterocycles. The summed E-state index contributed by atoms with van der Waals surface area (Å²) < 4.78 is 1.82. The lowest BCUT2D eigenvalue weighted by Crippen LogP contribution is -2.41. The third-order valence-corrected chi connectivity index (χ3v) is 2.57. The Hall–Kier alpha value is -1.32. The van der Waals surface area contributed by atoms with Crippen LogP contribution in [0.2, 0.25) is 0 Å². The Bertz CT molecular complexity index is 385. The Labute approximate surface area is 96.0 Å². The zero-order valence-corrected chi connectivity index (χ0v) is 10.2. The molecule has 1 heterocycles. The Balaban J connectivity index is 2.07. The van der Waals surface area contributed by atoms with E-state index in [0.29, 0.717) is 5.69 Å². The van der Waals surface area contributed by atoms with Gasteiger partial charge in [-0.1, -0.05) is 0 Å². The zero-order chi connectivity index (χ0) is 11.8. The van der Waals surface area contributed by atoms with Crippen LogP contribution >= 0.6 is 0 Å². The van der Waals surface area contributed by atoms with Gasteiger partial charge in [-0.25, -0.2) is 0 Å². The van der Waals surface area contributed by atoms with Gasteiger partial charge in [-0.2, -0.15) is 5.10 Å². The third-order valence-electron chi connectivity index (χ3n) is 2.57. The van der Waals surface area contributed by atoms with Gasteiger partial charge in [-0.3, -0.25) is 9.48 Å². The van der Waals surface area contributed by atoms with Gasteiger partial charge in [0, 0.05) is 18.3 Å². The topological polar surface area (TPSA) is 46.9 Å². The normalized spacial score (nSPS) is 16.2. The maximum Gasteiger partial charge on any atom is 0.269 e. The van der Waals surface area contributed by atoms with E-state index in [1.54, 1.807) is 12.3 Å². The van der Waals surface area contributed by atoms with Crippen molar-refractivity contribution in [1.29, 1.82) is 0 Å². The number of aromatic nitrogens is 2. The lowest BCUT2D eigenvalue weighted by Gasteiger charge is -2.20. The maximum atomic E-state index is 12.0. The monoisotopic (exact) mass is 221 g/mol. The highest BCUT2D eigenvalue weighted by atomic mass is 16.2. The molecule has 0 aromatic carbocycles. The maximum absolute atomic E-state index is 12.0. The molecule has 4 nitrogen and oxygen atoms in total. The molecule has 0 spiro atoms. The number of rotatable bonds is 3. The molecule has 1 amide bonds. The van der Waals surface area contributed by atoms with Gasteiger partial charge in [-0.05, 0) is 45.6 Å². The van der Waals surface area contributed by atoms with Gasteiger partial charge >= 0.3 is 0 Å². The van der Waals surface area contributed by atoms with Crippen LogP contribution in [-0.4, -0.2) is 21.2 Å². The minimum absolute atomic E-state index is 0.0364. The molecule has 1 fully saturated rings. The van der Waals surface area contributed by atoms with Crippen LogP contribution in [0.1, 0.15) is 44.1 Å². The first kappa shape index (κ1) is 11.2. The van der Waals surface area contributed by atoms with Gasteiger partial charge in [0.15, 0.2) is 0 Å². The molecule has 16 heavy (non-hydrogen) atoms. The van der Waals surface area contributed by atoms with Crippen molar-refractivity contribution in [3.8, 4) is 0 Å². The summed E-state index contributed by atoms with van der Waals surface area (Å²) in [5, 5.41) is 7.16. The third kappa shape index (κ3) is 2.84. The van der Waals surface area contributed by atoms with E-state index in [9.17, 15) is 4.79 Å². The summed E-state index contributed by atoms with van der Waals surface area (Å²) in [6.07, 6.45) is 4.22. The van der Waals surface area contributed by atoms with E-state index in [1.807, 2.05) is 25.5 Å². The van der Waals surface area contributed by atoms with E-state index >= 15 is 0 Å². The largest absolute Gasteiger partial charge is 0.346 e. The van der Waals surface area contributed by atoms with E-state index in [2.05, 4.69) is 10.4 Å². The lowest BCUT2D eigenvalue weighted by molar-refractivity contribution is 0.0908. The van der Waals surface area contributed by atoms with E-state index in [-0.39, 0.29) is 11.4 Å². The van der Waals surface area contributed by atoms with Gasteiger partial charge < -0.3 is 5.32 Å². The van der Waals surface area contributed by atoms with Gasteiger partial charge in [0.25, 0.3) is 5.91 Å². The number of nitrogens with zero attached hydrogens (tertiary/aromatic N) is 2. The van der Waals surface area contributed by atoms with Crippen molar-refractivity contribution in [2.75, 3.05) is 0 Å². The molecular weight excluding hydrogens is 202 g/mol. The first-order chi connectivity index (χ1) is 7.46. The number of carbonyl (C=O) groups is 1. The Morgan fingerprint density at radius 1 is 1.56 bits per heavy atom. The molecule has 0 radical (unpaired) electrons. The SMILES string of the molecule is CC(C)(C)NC(=O)c1ccnn1CC1CC1. The highest BCUT2D eigenvalue weighted by molar-refractivity contribution is 5.92. The summed E-state index contributed by atoms with van der Waals surface area (Å²) >= 11 is 0. The van der Waals surface area contributed by atoms with E-state index < -0.39 is 0 Å². The fourth-order valence-electron chi connectivity index (χ4n) is 1.62. The van der Waals surface area contributed by atoms with Gasteiger partial charge in [0.05, 0.1) is 0 Å². The summed E-state index contributed by atoms with van der Waals surface area (Å²) in [5.74, 6) is 0.687. The Morgan fingerprint density at radius 2 is 2.25 bits per heavy atom. The summed E-state index contributed by atoms with van der Waals surface area (Å²) in [7, 11) is 0. The Morgan fingerprint density at radius 3 is 2.81 bits per heavy atom. The fourth-order valence-corrected chi connectivity index (χ4v) is 1.62. The predicted octanol–water partition coefficient (Wildman–Crippen LogP) is 1.82. The molecule has 1 aromatic heterocycles. The smallest absolute Gasteiger partial charge is 0.269 e. The summed E-state index contributed by atoms with van der Waals surface area (Å²) in [6, 6.07) is 1.78. The average Bonchev–Trinajstić information content (AvgIpc) is 2.78. The van der Waals surface area contributed by atoms with Gasteiger partial charge in [0.2, 0.25) is 0 Å². The van der Waals surface area contributed by atoms with E-state index in [4.69, 9.17) is 0 Å². The number of hydrogen-bond donors (Lipinski definition) is 1. The summed E-state index contributed by atoms with van der Waals surface area (Å²) in [4.78, 5) is 12.0. The second-order valence-electron chi connectivity index (χ2n) is 5.55. The number of amides is 1. The van der Waals surface area contributed by atoms with Crippen molar-refractivity contribution in [3.63, 3.8) is 0 Å². The van der Waals surface area contributed by atoms with Crippen molar-refractivity contribution in [1.82, 2.24) is 15.1 Å². The molecule has 88 valence electrons. The first-order valence-corrected chi connectivity index (χ1v) is 5.80. The van der Waals surface area contributed by atoms with Crippen molar-refractivity contribution in [3.05, 3.63) is 18.0 Å². The van der Waals surface area contributed by atoms with Crippen LogP contribution < -0.4 is 5.32 Å². The number of nitrogens with one attached hydrogen (secondary N) is 1. The van der Waals surface area contributed by atoms with Gasteiger partial charge in [-0.15, -0.1) is 0 Å². The van der Waals surface area contributed by atoms with Crippen LogP contribution in [0.25, 0.3) is 0 Å². The molecule has 1 aliphatic carbocycles. The molecule has 1 saturated carbocycles. The number of carbonyl (C=O) groups excluding carboxylic acids is 1. The van der Waals surface area contributed by atoms with E-state index in [0.717, 1.165) is 12.5 Å². The molecule has 1 N–H and O–H groups in total. The fraction of sp³-hybridized carbons (Fsp3) is 0.667. The van der Waals surface area contributed by atoms with Crippen molar-refractivity contribution >= 4 is 5.91 Å². The van der Waals surface area contributed by atoms with Crippen LogP contribution in [-0.2, 0) is 6.54 Å². The Kier molecular flexibility index (Phi) is 2.74. The van der Waals surface area contributed by atoms with Crippen LogP contribution in [0.5, 0.6) is 0 Å². The molecule has 0 aliphatic heterocycles. The predicted molar refractivity (Wildman–Crippen MR) is 62.2 cm³/mol. The zero-order valence-electron chi connectivity index (χ0n) is 10.2. The van der Waals surface area contributed by atoms with Gasteiger partial charge in [0.1, 0.15) is 5.69 Å². The molecule has 2 rings (SSSR count). The van der Waals surface area contributed by atoms with Crippen LogP contribution in [0.15, 0.2) is 12.3 Å². The second kappa shape index (κ2) is 3.92. The minimum Gasteiger partial charge on any atom is -0.346 e. The highest BCUT2D eigenvalue weighted by Gasteiger charge is 2.25. The molecule has 1 aliphatic rings. The number of hydrogen-bond acceptors (Lipinski definition) is 2. The molecule has 0 atom stereocenters. The van der Waals surface area contributed by atoms with Crippen molar-refractivity contribution in [2.45, 2.75) is 45.7 Å². The average molecular weight is 221 g/mol. The highest BCUT2D eigenvalue weighted by Crippen LogP contribution is 2.30. The van der Waals surface area contributed by atoms with Crippen molar-refractivity contribution in [2.24, 2.45) is 5.92 Å². The first-order valence-electron chi connectivity index (χ1n) is 5.80. The quantitative estimate of drug-likeness (QED) is 0.846. The molecule has 0 bridgehead atoms. The minimum atomic E-state index is -0.203. The molecular formula is C12H19N3O. The second-order valence-corrected chi connectivity index (χ2v) is 5.55. The molecule has 4 heteroatoms. The van der Waals surface area contributed by atoms with Crippen molar-refractivity contribution < 1.29 is 4.79 Å². The van der Waals surface area contributed by atoms with Crippen LogP contribution in [0, 0.1) is 5.92 Å². The standard InChI is InChI=1S/C12H19N3O/c1-12(2,3)14-11(16)10-6-7-13-15(10)8-9-4-5-9/h6-7,9H,4-5,8H2,1-3H3,(H,14,16). The molecule has 1 aromatic rings.